The summed E-state index contributed by atoms with van der Waals surface area (Å²) in [6.07, 6.45) is 4.62. The first-order valence-corrected chi connectivity index (χ1v) is 9.68. The Bertz CT molecular complexity index is 1000. The smallest absolute Gasteiger partial charge is 0.334 e. The van der Waals surface area contributed by atoms with E-state index in [1.54, 1.807) is 0 Å². The van der Waals surface area contributed by atoms with Crippen molar-refractivity contribution in [3.63, 3.8) is 0 Å². The molecule has 29 heavy (non-hydrogen) atoms. The summed E-state index contributed by atoms with van der Waals surface area (Å²) >= 11 is 0. The topological polar surface area (TPSA) is 93.0 Å². The molecule has 0 amide bonds. The number of benzene rings is 2. The third kappa shape index (κ3) is 4.87. The van der Waals surface area contributed by atoms with E-state index >= 15 is 0 Å². The van der Waals surface area contributed by atoms with Crippen molar-refractivity contribution >= 4 is 28.7 Å². The first-order valence-electron chi connectivity index (χ1n) is 9.68. The van der Waals surface area contributed by atoms with Gasteiger partial charge in [0, 0.05) is 11.4 Å². The van der Waals surface area contributed by atoms with Gasteiger partial charge in [0.05, 0.1) is 4.92 Å². The molecule has 0 aliphatic heterocycles. The van der Waals surface area contributed by atoms with Crippen molar-refractivity contribution in [3.05, 3.63) is 75.6 Å². The van der Waals surface area contributed by atoms with Gasteiger partial charge < -0.3 is 10.6 Å². The van der Waals surface area contributed by atoms with Gasteiger partial charge in [0.1, 0.15) is 6.33 Å². The minimum atomic E-state index is -0.467. The Hall–Kier alpha value is -3.48. The van der Waals surface area contributed by atoms with Gasteiger partial charge in [0.25, 0.3) is 0 Å². The number of aryl methyl sites for hydroxylation is 2. The molecule has 0 atom stereocenters. The molecule has 7 nitrogen and oxygen atoms in total. The fraction of sp³-hybridized carbons (Fsp3) is 0.273. The third-order valence-corrected chi connectivity index (χ3v) is 4.90. The Morgan fingerprint density at radius 3 is 2.34 bits per heavy atom. The Morgan fingerprint density at radius 2 is 1.69 bits per heavy atom. The van der Waals surface area contributed by atoms with Gasteiger partial charge in [-0.3, -0.25) is 10.1 Å². The number of nitrogens with zero attached hydrogens (tertiary/aromatic N) is 3. The van der Waals surface area contributed by atoms with Crippen molar-refractivity contribution in [2.45, 2.75) is 40.0 Å². The summed E-state index contributed by atoms with van der Waals surface area (Å²) < 4.78 is 0. The minimum Gasteiger partial charge on any atom is -0.334 e. The lowest BCUT2D eigenvalue weighted by Crippen LogP contribution is -2.06. The van der Waals surface area contributed by atoms with Crippen LogP contribution in [0.3, 0.4) is 0 Å². The monoisotopic (exact) mass is 391 g/mol. The highest BCUT2D eigenvalue weighted by Gasteiger charge is 2.23. The quantitative estimate of drug-likeness (QED) is 0.370. The second-order valence-corrected chi connectivity index (χ2v) is 6.97. The zero-order chi connectivity index (χ0) is 20.8. The molecule has 0 bridgehead atoms. The van der Waals surface area contributed by atoms with Crippen LogP contribution in [0, 0.1) is 24.0 Å². The zero-order valence-corrected chi connectivity index (χ0v) is 16.9. The number of aromatic nitrogens is 2. The van der Waals surface area contributed by atoms with Gasteiger partial charge in [0.2, 0.25) is 11.6 Å². The van der Waals surface area contributed by atoms with Crippen molar-refractivity contribution < 1.29 is 4.92 Å². The molecule has 0 aliphatic carbocycles. The Balaban J connectivity index is 1.89. The van der Waals surface area contributed by atoms with Crippen molar-refractivity contribution in [1.29, 1.82) is 0 Å². The average molecular weight is 391 g/mol. The number of hydrogen-bond acceptors (Lipinski definition) is 6. The number of anilines is 4. The highest BCUT2D eigenvalue weighted by molar-refractivity contribution is 5.77. The molecular formula is C22H25N5O2. The van der Waals surface area contributed by atoms with Crippen LogP contribution in [0.15, 0.2) is 48.8 Å². The lowest BCUT2D eigenvalue weighted by Gasteiger charge is -2.13. The summed E-state index contributed by atoms with van der Waals surface area (Å²) in [5.74, 6) is 0.305. The maximum Gasteiger partial charge on any atom is 0.353 e. The van der Waals surface area contributed by atoms with Crippen LogP contribution in [0.1, 0.15) is 36.5 Å². The second-order valence-electron chi connectivity index (χ2n) is 6.97. The van der Waals surface area contributed by atoms with Gasteiger partial charge in [-0.15, -0.1) is 0 Å². The number of unbranched alkanes of at least 4 members (excludes halogenated alkanes) is 1. The molecule has 0 saturated carbocycles. The Labute approximate surface area is 170 Å². The molecule has 0 saturated heterocycles. The normalized spacial score (nSPS) is 10.6. The van der Waals surface area contributed by atoms with E-state index in [2.05, 4.69) is 27.5 Å². The van der Waals surface area contributed by atoms with Crippen molar-refractivity contribution in [2.24, 2.45) is 0 Å². The third-order valence-electron chi connectivity index (χ3n) is 4.90. The summed E-state index contributed by atoms with van der Waals surface area (Å²) in [5.41, 5.74) is 4.67. The minimum absolute atomic E-state index is 0.152. The van der Waals surface area contributed by atoms with Gasteiger partial charge in [-0.05, 0) is 61.6 Å². The maximum absolute atomic E-state index is 11.8. The van der Waals surface area contributed by atoms with Crippen molar-refractivity contribution in [3.8, 4) is 0 Å². The SMILES string of the molecule is CCCCc1ccc(Nc2ncnc(Nc3cccc(C)c3C)c2[N+](=O)[O-])cc1. The second kappa shape index (κ2) is 9.14. The van der Waals surface area contributed by atoms with Gasteiger partial charge in [0.15, 0.2) is 0 Å². The van der Waals surface area contributed by atoms with Crippen LogP contribution >= 0.6 is 0 Å². The zero-order valence-electron chi connectivity index (χ0n) is 16.9. The van der Waals surface area contributed by atoms with Crippen LogP contribution in [-0.4, -0.2) is 14.9 Å². The predicted molar refractivity (Wildman–Crippen MR) is 116 cm³/mol. The van der Waals surface area contributed by atoms with E-state index < -0.39 is 4.92 Å². The molecule has 150 valence electrons. The van der Waals surface area contributed by atoms with E-state index in [9.17, 15) is 10.1 Å². The molecule has 1 heterocycles. The highest BCUT2D eigenvalue weighted by atomic mass is 16.6. The van der Waals surface area contributed by atoms with Crippen LogP contribution in [0.2, 0.25) is 0 Å². The first-order chi connectivity index (χ1) is 14.0. The molecule has 3 aromatic rings. The summed E-state index contributed by atoms with van der Waals surface area (Å²) in [6.45, 7) is 6.12. The molecule has 2 N–H and O–H groups in total. The van der Waals surface area contributed by atoms with E-state index in [0.29, 0.717) is 0 Å². The van der Waals surface area contributed by atoms with Crippen LogP contribution in [-0.2, 0) is 6.42 Å². The van der Waals surface area contributed by atoms with Gasteiger partial charge in [-0.1, -0.05) is 37.6 Å². The predicted octanol–water partition coefficient (Wildman–Crippen LogP) is 5.83. The number of rotatable bonds is 8. The largest absolute Gasteiger partial charge is 0.353 e. The molecule has 0 spiro atoms. The molecular weight excluding hydrogens is 366 g/mol. The van der Waals surface area contributed by atoms with Gasteiger partial charge in [-0.2, -0.15) is 0 Å². The van der Waals surface area contributed by atoms with E-state index in [1.165, 1.54) is 11.9 Å². The molecule has 0 unspecified atom stereocenters. The van der Waals surface area contributed by atoms with Gasteiger partial charge in [-0.25, -0.2) is 9.97 Å². The summed E-state index contributed by atoms with van der Waals surface area (Å²) in [7, 11) is 0. The van der Waals surface area contributed by atoms with E-state index in [0.717, 1.165) is 41.8 Å². The molecule has 0 radical (unpaired) electrons. The fourth-order valence-corrected chi connectivity index (χ4v) is 3.02. The lowest BCUT2D eigenvalue weighted by molar-refractivity contribution is -0.383. The molecule has 3 rings (SSSR count). The van der Waals surface area contributed by atoms with E-state index in [4.69, 9.17) is 0 Å². The molecule has 0 fully saturated rings. The maximum atomic E-state index is 11.8. The van der Waals surface area contributed by atoms with Crippen LogP contribution < -0.4 is 10.6 Å². The molecule has 0 aliphatic rings. The van der Waals surface area contributed by atoms with Crippen molar-refractivity contribution in [2.75, 3.05) is 10.6 Å². The standard InChI is InChI=1S/C22H25N5O2/c1-4-5-8-17-10-12-18(13-11-17)25-21-20(27(28)29)22(24-14-23-21)26-19-9-6-7-15(2)16(19)3/h6-7,9-14H,4-5,8H2,1-3H3,(H2,23,24,25,26). The Kier molecular flexibility index (Phi) is 6.39. The molecule has 2 aromatic carbocycles. The highest BCUT2D eigenvalue weighted by Crippen LogP contribution is 2.34. The van der Waals surface area contributed by atoms with Crippen molar-refractivity contribution in [1.82, 2.24) is 9.97 Å². The lowest BCUT2D eigenvalue weighted by atomic mass is 10.1. The van der Waals surface area contributed by atoms with E-state index in [1.807, 2.05) is 56.3 Å². The summed E-state index contributed by atoms with van der Waals surface area (Å²) in [5, 5.41) is 17.9. The van der Waals surface area contributed by atoms with Crippen LogP contribution in [0.25, 0.3) is 0 Å². The first kappa shape index (κ1) is 20.3. The molecule has 7 heteroatoms. The van der Waals surface area contributed by atoms with E-state index in [-0.39, 0.29) is 17.3 Å². The summed E-state index contributed by atoms with van der Waals surface area (Å²) in [4.78, 5) is 19.5. The Morgan fingerprint density at radius 1 is 1.00 bits per heavy atom. The summed E-state index contributed by atoms with van der Waals surface area (Å²) in [6, 6.07) is 13.6. The number of nitrogens with one attached hydrogen (secondary N) is 2. The number of hydrogen-bond donors (Lipinski definition) is 2. The van der Waals surface area contributed by atoms with Crippen LogP contribution in [0.4, 0.5) is 28.7 Å². The average Bonchev–Trinajstić information content (AvgIpc) is 2.71. The molecule has 1 aromatic heterocycles. The van der Waals surface area contributed by atoms with Gasteiger partial charge >= 0.3 is 5.69 Å². The number of nitro groups is 1. The fourth-order valence-electron chi connectivity index (χ4n) is 3.02. The van der Waals surface area contributed by atoms with Crippen LogP contribution in [0.5, 0.6) is 0 Å².